The predicted octanol–water partition coefficient (Wildman–Crippen LogP) is 3.47. The Kier molecular flexibility index (Phi) is 3.66. The molecule has 0 aliphatic heterocycles. The molecule has 0 aliphatic carbocycles. The van der Waals surface area contributed by atoms with Crippen LogP contribution in [0.1, 0.15) is 16.2 Å². The molecule has 2 N–H and O–H groups in total. The largest absolute Gasteiger partial charge is 0.325 e. The van der Waals surface area contributed by atoms with Crippen LogP contribution in [0.5, 0.6) is 0 Å². The van der Waals surface area contributed by atoms with Crippen LogP contribution in [0.2, 0.25) is 0 Å². The lowest BCUT2D eigenvalue weighted by molar-refractivity contribution is 0.102. The van der Waals surface area contributed by atoms with E-state index in [1.54, 1.807) is 18.3 Å². The molecule has 2 aromatic carbocycles. The Morgan fingerprint density at radius 2 is 1.92 bits per heavy atom. The Morgan fingerprint density at radius 3 is 2.72 bits per heavy atom. The first kappa shape index (κ1) is 14.9. The Bertz CT molecular complexity index is 1060. The zero-order valence-corrected chi connectivity index (χ0v) is 12.9. The topological polar surface area (TPSA) is 83.6 Å². The van der Waals surface area contributed by atoms with Gasteiger partial charge in [-0.2, -0.15) is 5.10 Å². The van der Waals surface area contributed by atoms with Crippen molar-refractivity contribution >= 4 is 28.3 Å². The number of ketones is 1. The van der Waals surface area contributed by atoms with Gasteiger partial charge in [-0.05, 0) is 24.3 Å². The molecular weight excluding hydrogens is 321 g/mol. The number of nitrogens with one attached hydrogen (secondary N) is 2. The number of fused-ring (bicyclic) bond motifs is 1. The van der Waals surface area contributed by atoms with E-state index in [0.717, 1.165) is 5.39 Å². The maximum atomic E-state index is 13.4. The standard InChI is InChI=1S/C18H12FN5O/c19-12-5-3-4-11(10-12)16(25)18-21-14-7-2-1-6-13(14)17(23-18)22-15-8-9-20-24-15/h1-10H,(H2,20,21,22,23,24). The molecule has 0 aliphatic rings. The highest BCUT2D eigenvalue weighted by atomic mass is 19.1. The molecule has 0 spiro atoms. The number of para-hydroxylation sites is 1. The second-order valence-electron chi connectivity index (χ2n) is 5.35. The minimum Gasteiger partial charge on any atom is -0.325 e. The van der Waals surface area contributed by atoms with E-state index < -0.39 is 11.6 Å². The lowest BCUT2D eigenvalue weighted by Gasteiger charge is -2.09. The molecule has 4 rings (SSSR count). The molecule has 0 radical (unpaired) electrons. The van der Waals surface area contributed by atoms with E-state index in [4.69, 9.17) is 0 Å². The van der Waals surface area contributed by atoms with Gasteiger partial charge in [0.25, 0.3) is 0 Å². The average molecular weight is 333 g/mol. The SMILES string of the molecule is O=C(c1cccc(F)c1)c1nc(Nc2ccn[nH]2)c2ccccc2n1. The van der Waals surface area contributed by atoms with E-state index in [-0.39, 0.29) is 11.4 Å². The Hall–Kier alpha value is -3.61. The Labute approximate surface area is 141 Å². The number of hydrogen-bond acceptors (Lipinski definition) is 5. The third kappa shape index (κ3) is 2.94. The second-order valence-corrected chi connectivity index (χ2v) is 5.35. The fourth-order valence-electron chi connectivity index (χ4n) is 2.49. The summed E-state index contributed by atoms with van der Waals surface area (Å²) in [6.07, 6.45) is 1.60. The van der Waals surface area contributed by atoms with Crippen molar-refractivity contribution in [2.75, 3.05) is 5.32 Å². The van der Waals surface area contributed by atoms with Crippen LogP contribution < -0.4 is 5.32 Å². The number of nitrogens with zero attached hydrogens (tertiary/aromatic N) is 3. The van der Waals surface area contributed by atoms with Crippen molar-refractivity contribution < 1.29 is 9.18 Å². The summed E-state index contributed by atoms with van der Waals surface area (Å²) in [7, 11) is 0. The minimum absolute atomic E-state index is 0.00804. The predicted molar refractivity (Wildman–Crippen MR) is 91.2 cm³/mol. The number of aromatic nitrogens is 4. The molecule has 0 amide bonds. The zero-order valence-electron chi connectivity index (χ0n) is 12.9. The van der Waals surface area contributed by atoms with Crippen LogP contribution in [-0.2, 0) is 0 Å². The zero-order chi connectivity index (χ0) is 17.2. The maximum absolute atomic E-state index is 13.4. The molecule has 0 fully saturated rings. The molecule has 0 bridgehead atoms. The van der Waals surface area contributed by atoms with Gasteiger partial charge in [0.2, 0.25) is 11.6 Å². The van der Waals surface area contributed by atoms with Gasteiger partial charge >= 0.3 is 0 Å². The van der Waals surface area contributed by atoms with Gasteiger partial charge in [-0.25, -0.2) is 14.4 Å². The molecule has 0 atom stereocenters. The van der Waals surface area contributed by atoms with E-state index in [9.17, 15) is 9.18 Å². The summed E-state index contributed by atoms with van der Waals surface area (Å²) >= 11 is 0. The van der Waals surface area contributed by atoms with Gasteiger partial charge in [-0.3, -0.25) is 9.89 Å². The summed E-state index contributed by atoms with van der Waals surface area (Å²) in [5.74, 6) is 0.161. The van der Waals surface area contributed by atoms with Crippen LogP contribution in [0.4, 0.5) is 16.0 Å². The van der Waals surface area contributed by atoms with Crippen molar-refractivity contribution in [3.05, 3.63) is 78.0 Å². The molecule has 122 valence electrons. The third-order valence-electron chi connectivity index (χ3n) is 3.65. The van der Waals surface area contributed by atoms with Gasteiger partial charge in [0, 0.05) is 17.0 Å². The van der Waals surface area contributed by atoms with E-state index in [1.165, 1.54) is 24.3 Å². The van der Waals surface area contributed by atoms with Crippen molar-refractivity contribution in [3.63, 3.8) is 0 Å². The lowest BCUT2D eigenvalue weighted by atomic mass is 10.1. The molecule has 2 aromatic heterocycles. The maximum Gasteiger partial charge on any atom is 0.230 e. The van der Waals surface area contributed by atoms with Crippen molar-refractivity contribution in [1.29, 1.82) is 0 Å². The monoisotopic (exact) mass is 333 g/mol. The van der Waals surface area contributed by atoms with Gasteiger partial charge in [0.1, 0.15) is 17.5 Å². The van der Waals surface area contributed by atoms with Crippen LogP contribution in [0.3, 0.4) is 0 Å². The molecule has 7 heteroatoms. The molecule has 4 aromatic rings. The van der Waals surface area contributed by atoms with Crippen LogP contribution in [0.25, 0.3) is 10.9 Å². The summed E-state index contributed by atoms with van der Waals surface area (Å²) in [6.45, 7) is 0. The molecule has 6 nitrogen and oxygen atoms in total. The number of aromatic amines is 1. The third-order valence-corrected chi connectivity index (χ3v) is 3.65. The smallest absolute Gasteiger partial charge is 0.230 e. The summed E-state index contributed by atoms with van der Waals surface area (Å²) in [6, 6.07) is 14.5. The van der Waals surface area contributed by atoms with E-state index in [0.29, 0.717) is 17.2 Å². The average Bonchev–Trinajstić information content (AvgIpc) is 3.14. The summed E-state index contributed by atoms with van der Waals surface area (Å²) in [5, 5.41) is 10.5. The molecule has 2 heterocycles. The number of halogens is 1. The van der Waals surface area contributed by atoms with Crippen LogP contribution in [-0.4, -0.2) is 25.9 Å². The number of hydrogen-bond donors (Lipinski definition) is 2. The van der Waals surface area contributed by atoms with E-state index in [1.807, 2.05) is 18.2 Å². The molecule has 25 heavy (non-hydrogen) atoms. The van der Waals surface area contributed by atoms with Crippen molar-refractivity contribution in [3.8, 4) is 0 Å². The number of rotatable bonds is 4. The van der Waals surface area contributed by atoms with Crippen LogP contribution in [0, 0.1) is 5.82 Å². The van der Waals surface area contributed by atoms with Crippen molar-refractivity contribution in [2.24, 2.45) is 0 Å². The normalized spacial score (nSPS) is 10.8. The lowest BCUT2D eigenvalue weighted by Crippen LogP contribution is -2.10. The van der Waals surface area contributed by atoms with Gasteiger partial charge < -0.3 is 5.32 Å². The van der Waals surface area contributed by atoms with E-state index >= 15 is 0 Å². The van der Waals surface area contributed by atoms with Gasteiger partial charge in [0.05, 0.1) is 11.7 Å². The van der Waals surface area contributed by atoms with Crippen molar-refractivity contribution in [1.82, 2.24) is 20.2 Å². The Morgan fingerprint density at radius 1 is 1.04 bits per heavy atom. The quantitative estimate of drug-likeness (QED) is 0.559. The number of carbonyl (C=O) groups is 1. The summed E-state index contributed by atoms with van der Waals surface area (Å²) in [5.41, 5.74) is 0.807. The van der Waals surface area contributed by atoms with Gasteiger partial charge in [-0.1, -0.05) is 24.3 Å². The first-order valence-electron chi connectivity index (χ1n) is 7.54. The first-order valence-corrected chi connectivity index (χ1v) is 7.54. The highest BCUT2D eigenvalue weighted by Gasteiger charge is 2.16. The summed E-state index contributed by atoms with van der Waals surface area (Å²) < 4.78 is 13.4. The molecular formula is C18H12FN5O. The Balaban J connectivity index is 1.83. The van der Waals surface area contributed by atoms with E-state index in [2.05, 4.69) is 25.5 Å². The minimum atomic E-state index is -0.484. The highest BCUT2D eigenvalue weighted by molar-refractivity contribution is 6.08. The molecule has 0 saturated heterocycles. The molecule has 0 saturated carbocycles. The first-order chi connectivity index (χ1) is 12.2. The van der Waals surface area contributed by atoms with Crippen LogP contribution in [0.15, 0.2) is 60.8 Å². The number of anilines is 2. The van der Waals surface area contributed by atoms with Crippen molar-refractivity contribution in [2.45, 2.75) is 0 Å². The number of benzene rings is 2. The summed E-state index contributed by atoms with van der Waals surface area (Å²) in [4.78, 5) is 21.3. The number of H-pyrrole nitrogens is 1. The highest BCUT2D eigenvalue weighted by Crippen LogP contribution is 2.23. The van der Waals surface area contributed by atoms with Crippen LogP contribution >= 0.6 is 0 Å². The molecule has 0 unspecified atom stereocenters. The fraction of sp³-hybridized carbons (Fsp3) is 0. The second kappa shape index (κ2) is 6.12. The van der Waals surface area contributed by atoms with Gasteiger partial charge in [0.15, 0.2) is 0 Å². The van der Waals surface area contributed by atoms with Gasteiger partial charge in [-0.15, -0.1) is 0 Å². The number of carbonyl (C=O) groups excluding carboxylic acids is 1. The fourth-order valence-corrected chi connectivity index (χ4v) is 2.49.